The largest absolute Gasteiger partial charge is 0.490 e. The Morgan fingerprint density at radius 3 is 2.89 bits per heavy atom. The number of hydrogen-bond acceptors (Lipinski definition) is 8. The van der Waals surface area contributed by atoms with E-state index in [0.717, 1.165) is 37.4 Å². The van der Waals surface area contributed by atoms with Crippen LogP contribution in [0.15, 0.2) is 34.7 Å². The van der Waals surface area contributed by atoms with Gasteiger partial charge in [0.2, 0.25) is 5.13 Å². The van der Waals surface area contributed by atoms with E-state index in [1.165, 1.54) is 11.3 Å². The van der Waals surface area contributed by atoms with Crippen LogP contribution in [-0.2, 0) is 20.7 Å². The maximum Gasteiger partial charge on any atom is 0.311 e. The van der Waals surface area contributed by atoms with Crippen molar-refractivity contribution in [3.63, 3.8) is 0 Å². The topological polar surface area (TPSA) is 82.0 Å². The molecule has 1 aliphatic rings. The molecule has 1 N–H and O–H groups in total. The predicted octanol–water partition coefficient (Wildman–Crippen LogP) is 3.25. The molecule has 1 aromatic heterocycles. The number of aromatic nitrogens is 1. The minimum Gasteiger partial charge on any atom is -0.490 e. The Hall–Kier alpha value is -2.45. The molecule has 0 saturated carbocycles. The Morgan fingerprint density at radius 1 is 1.37 bits per heavy atom. The van der Waals surface area contributed by atoms with E-state index in [1.54, 1.807) is 13.1 Å². The third-order valence-electron chi connectivity index (χ3n) is 3.91. The number of ether oxygens (including phenoxy) is 3. The Bertz CT molecular complexity index is 755. The minimum absolute atomic E-state index is 0.171. The van der Waals surface area contributed by atoms with E-state index in [0.29, 0.717) is 17.4 Å². The zero-order valence-electron chi connectivity index (χ0n) is 15.2. The maximum absolute atomic E-state index is 11.5. The number of anilines is 1. The molecule has 1 saturated heterocycles. The first-order valence-electron chi connectivity index (χ1n) is 8.96. The van der Waals surface area contributed by atoms with Gasteiger partial charge in [-0.2, -0.15) is 5.10 Å². The smallest absolute Gasteiger partial charge is 0.311 e. The molecule has 3 rings (SSSR count). The molecule has 0 unspecified atom stereocenters. The molecule has 0 amide bonds. The van der Waals surface area contributed by atoms with Crippen molar-refractivity contribution in [2.24, 2.45) is 5.10 Å². The molecule has 27 heavy (non-hydrogen) atoms. The first-order chi connectivity index (χ1) is 13.2. The average molecular weight is 389 g/mol. The van der Waals surface area contributed by atoms with Crippen molar-refractivity contribution in [2.45, 2.75) is 32.3 Å². The first-order valence-corrected chi connectivity index (χ1v) is 9.84. The number of benzene rings is 1. The van der Waals surface area contributed by atoms with Gasteiger partial charge in [0.25, 0.3) is 0 Å². The molecule has 1 aromatic carbocycles. The van der Waals surface area contributed by atoms with Crippen LogP contribution in [0.5, 0.6) is 5.75 Å². The number of carbonyl (C=O) groups excluding carboxylic acids is 1. The molecule has 0 spiro atoms. The lowest BCUT2D eigenvalue weighted by atomic mass is 10.1. The van der Waals surface area contributed by atoms with Gasteiger partial charge in [0.1, 0.15) is 11.9 Å². The van der Waals surface area contributed by atoms with Gasteiger partial charge in [0.15, 0.2) is 0 Å². The zero-order valence-corrected chi connectivity index (χ0v) is 16.0. The SMILES string of the molecule is CCOC(=O)Cc1csc(NN=Cc2ccc(OC3CCOCC3)cc2)n1. The van der Waals surface area contributed by atoms with Crippen molar-refractivity contribution in [3.8, 4) is 5.75 Å². The van der Waals surface area contributed by atoms with Crippen molar-refractivity contribution in [1.29, 1.82) is 0 Å². The lowest BCUT2D eigenvalue weighted by molar-refractivity contribution is -0.142. The van der Waals surface area contributed by atoms with Crippen LogP contribution in [0.25, 0.3) is 0 Å². The van der Waals surface area contributed by atoms with Crippen LogP contribution in [-0.4, -0.2) is 43.1 Å². The minimum atomic E-state index is -0.277. The van der Waals surface area contributed by atoms with Crippen molar-refractivity contribution in [1.82, 2.24) is 4.98 Å². The highest BCUT2D eigenvalue weighted by Crippen LogP contribution is 2.19. The Morgan fingerprint density at radius 2 is 2.15 bits per heavy atom. The fraction of sp³-hybridized carbons (Fsp3) is 0.421. The third-order valence-corrected chi connectivity index (χ3v) is 4.70. The van der Waals surface area contributed by atoms with Gasteiger partial charge < -0.3 is 14.2 Å². The molecule has 2 heterocycles. The van der Waals surface area contributed by atoms with Gasteiger partial charge in [-0.3, -0.25) is 10.2 Å². The van der Waals surface area contributed by atoms with E-state index in [2.05, 4.69) is 15.5 Å². The zero-order chi connectivity index (χ0) is 18.9. The molecule has 0 aliphatic carbocycles. The number of nitrogens with zero attached hydrogens (tertiary/aromatic N) is 2. The van der Waals surface area contributed by atoms with Gasteiger partial charge >= 0.3 is 5.97 Å². The summed E-state index contributed by atoms with van der Waals surface area (Å²) in [5, 5.41) is 6.63. The number of hydrazone groups is 1. The molecule has 0 bridgehead atoms. The number of rotatable bonds is 8. The van der Waals surface area contributed by atoms with Crippen LogP contribution in [0.1, 0.15) is 31.0 Å². The van der Waals surface area contributed by atoms with Crippen molar-refractivity contribution >= 4 is 28.7 Å². The van der Waals surface area contributed by atoms with Crippen molar-refractivity contribution < 1.29 is 19.0 Å². The molecule has 8 heteroatoms. The second kappa shape index (κ2) is 10.0. The standard InChI is InChI=1S/C19H23N3O4S/c1-2-25-18(23)11-15-13-27-19(21-15)22-20-12-14-3-5-16(6-4-14)26-17-7-9-24-10-8-17/h3-6,12-13,17H,2,7-11H2,1H3,(H,21,22). The van der Waals surface area contributed by atoms with Crippen molar-refractivity contribution in [2.75, 3.05) is 25.2 Å². The van der Waals surface area contributed by atoms with Crippen LogP contribution >= 0.6 is 11.3 Å². The molecule has 7 nitrogen and oxygen atoms in total. The number of esters is 1. The van der Waals surface area contributed by atoms with Crippen LogP contribution in [0.3, 0.4) is 0 Å². The first kappa shape index (κ1) is 19.3. The average Bonchev–Trinajstić information content (AvgIpc) is 3.11. The van der Waals surface area contributed by atoms with Gasteiger partial charge in [-0.05, 0) is 36.8 Å². The highest BCUT2D eigenvalue weighted by atomic mass is 32.1. The highest BCUT2D eigenvalue weighted by Gasteiger charge is 2.15. The fourth-order valence-electron chi connectivity index (χ4n) is 2.58. The molecule has 1 fully saturated rings. The van der Waals surface area contributed by atoms with Gasteiger partial charge in [0, 0.05) is 18.2 Å². The van der Waals surface area contributed by atoms with E-state index < -0.39 is 0 Å². The van der Waals surface area contributed by atoms with E-state index in [4.69, 9.17) is 14.2 Å². The summed E-state index contributed by atoms with van der Waals surface area (Å²) in [6.07, 6.45) is 3.97. The summed E-state index contributed by atoms with van der Waals surface area (Å²) in [6.45, 7) is 3.68. The van der Waals surface area contributed by atoms with Crippen LogP contribution < -0.4 is 10.2 Å². The Labute approximate surface area is 162 Å². The molecule has 0 atom stereocenters. The second-order valence-electron chi connectivity index (χ2n) is 5.99. The second-order valence-corrected chi connectivity index (χ2v) is 6.85. The predicted molar refractivity (Wildman–Crippen MR) is 105 cm³/mol. The van der Waals surface area contributed by atoms with Gasteiger partial charge in [-0.15, -0.1) is 11.3 Å². The summed E-state index contributed by atoms with van der Waals surface area (Å²) in [7, 11) is 0. The number of hydrogen-bond donors (Lipinski definition) is 1. The van der Waals surface area contributed by atoms with Gasteiger partial charge in [0.05, 0.1) is 38.1 Å². The van der Waals surface area contributed by atoms with E-state index in [1.807, 2.05) is 29.6 Å². The maximum atomic E-state index is 11.5. The number of nitrogens with one attached hydrogen (secondary N) is 1. The molecular formula is C19H23N3O4S. The summed E-state index contributed by atoms with van der Waals surface area (Å²) in [5.74, 6) is 0.580. The monoisotopic (exact) mass is 389 g/mol. The lowest BCUT2D eigenvalue weighted by Crippen LogP contribution is -2.25. The third kappa shape index (κ3) is 6.33. The van der Waals surface area contributed by atoms with E-state index in [-0.39, 0.29) is 18.5 Å². The van der Waals surface area contributed by atoms with Crippen LogP contribution in [0.4, 0.5) is 5.13 Å². The Balaban J connectivity index is 1.46. The quantitative estimate of drug-likeness (QED) is 0.424. The summed E-state index contributed by atoms with van der Waals surface area (Å²) in [6, 6.07) is 7.79. The van der Waals surface area contributed by atoms with Crippen LogP contribution in [0, 0.1) is 0 Å². The highest BCUT2D eigenvalue weighted by molar-refractivity contribution is 7.13. The normalized spacial score (nSPS) is 15.0. The Kier molecular flexibility index (Phi) is 7.18. The fourth-order valence-corrected chi connectivity index (χ4v) is 3.24. The van der Waals surface area contributed by atoms with E-state index >= 15 is 0 Å². The number of carbonyl (C=O) groups is 1. The summed E-state index contributed by atoms with van der Waals surface area (Å²) in [5.41, 5.74) is 4.50. The van der Waals surface area contributed by atoms with Gasteiger partial charge in [-0.1, -0.05) is 0 Å². The summed E-state index contributed by atoms with van der Waals surface area (Å²) in [4.78, 5) is 15.8. The molecule has 0 radical (unpaired) electrons. The molecule has 1 aliphatic heterocycles. The summed E-state index contributed by atoms with van der Waals surface area (Å²) >= 11 is 1.39. The molecular weight excluding hydrogens is 366 g/mol. The molecule has 144 valence electrons. The van der Waals surface area contributed by atoms with Gasteiger partial charge in [-0.25, -0.2) is 4.98 Å². The van der Waals surface area contributed by atoms with Crippen LogP contribution in [0.2, 0.25) is 0 Å². The number of thiazole rings is 1. The lowest BCUT2D eigenvalue weighted by Gasteiger charge is -2.23. The summed E-state index contributed by atoms with van der Waals surface area (Å²) < 4.78 is 16.2. The van der Waals surface area contributed by atoms with E-state index in [9.17, 15) is 4.79 Å². The van der Waals surface area contributed by atoms with Crippen molar-refractivity contribution in [3.05, 3.63) is 40.9 Å². The molecule has 2 aromatic rings.